The molecule has 0 aromatic heterocycles. The Morgan fingerprint density at radius 3 is 1.68 bits per heavy atom. The predicted molar refractivity (Wildman–Crippen MR) is 166 cm³/mol. The average Bonchev–Trinajstić information content (AvgIpc) is 2.87. The average molecular weight is 603 g/mol. The van der Waals surface area contributed by atoms with Crippen LogP contribution in [0.25, 0.3) is 0 Å². The molecule has 3 aromatic rings. The minimum absolute atomic E-state index is 0.219. The van der Waals surface area contributed by atoms with Crippen LogP contribution >= 0.6 is 0 Å². The number of unbranched alkanes of at least 4 members (excludes halogenated alkanes) is 1. The van der Waals surface area contributed by atoms with Crippen molar-refractivity contribution >= 4 is 38.5 Å². The highest BCUT2D eigenvalue weighted by Gasteiger charge is 2.30. The summed E-state index contributed by atoms with van der Waals surface area (Å²) in [6.45, 7) is 7.29. The molecule has 0 aliphatic rings. The van der Waals surface area contributed by atoms with Crippen molar-refractivity contribution in [2.75, 3.05) is 43.7 Å². The first kappa shape index (κ1) is 34.0. The second-order valence-electron chi connectivity index (χ2n) is 10.7. The third-order valence-electron chi connectivity index (χ3n) is 5.56. The van der Waals surface area contributed by atoms with Crippen LogP contribution in [0.4, 0.5) is 16.2 Å². The largest absolute Gasteiger partial charge is 0.748 e. The topological polar surface area (TPSA) is 99.2 Å². The number of nitrogens with zero attached hydrogens (tertiary/aromatic N) is 2. The number of hydrogen-bond acceptors (Lipinski definition) is 8. The van der Waals surface area contributed by atoms with E-state index in [-0.39, 0.29) is 16.6 Å². The van der Waals surface area contributed by atoms with E-state index in [1.807, 2.05) is 68.0 Å². The molecule has 0 aliphatic carbocycles. The maximum absolute atomic E-state index is 12.2. The Morgan fingerprint density at radius 2 is 1.32 bits per heavy atom. The van der Waals surface area contributed by atoms with E-state index < -0.39 is 21.9 Å². The van der Waals surface area contributed by atoms with Crippen molar-refractivity contribution in [1.82, 2.24) is 0 Å². The van der Waals surface area contributed by atoms with Crippen LogP contribution in [0, 0.1) is 0 Å². The Morgan fingerprint density at radius 1 is 0.829 bits per heavy atom. The lowest BCUT2D eigenvalue weighted by molar-refractivity contribution is 0.0206. The summed E-state index contributed by atoms with van der Waals surface area (Å²) in [5, 5.41) is 0. The van der Waals surface area contributed by atoms with E-state index in [2.05, 4.69) is 64.4 Å². The number of ether oxygens (including phenoxy) is 2. The van der Waals surface area contributed by atoms with Crippen molar-refractivity contribution in [2.24, 2.45) is 0 Å². The third-order valence-corrected chi connectivity index (χ3v) is 8.56. The van der Waals surface area contributed by atoms with Gasteiger partial charge in [0.1, 0.15) is 11.4 Å². The fourth-order valence-electron chi connectivity index (χ4n) is 3.52. The van der Waals surface area contributed by atoms with Gasteiger partial charge >= 0.3 is 6.16 Å². The Balaban J connectivity index is 0.000000642. The van der Waals surface area contributed by atoms with Crippen LogP contribution < -0.4 is 14.5 Å². The first-order valence-corrected chi connectivity index (χ1v) is 16.1. The van der Waals surface area contributed by atoms with E-state index in [1.165, 1.54) is 9.79 Å². The van der Waals surface area contributed by atoms with Crippen molar-refractivity contribution in [2.45, 2.75) is 60.8 Å². The summed E-state index contributed by atoms with van der Waals surface area (Å²) in [7, 11) is 3.83. The number of hydrogen-bond donors (Lipinski definition) is 0. The smallest absolute Gasteiger partial charge is 0.514 e. The highest BCUT2D eigenvalue weighted by Crippen LogP contribution is 2.34. The van der Waals surface area contributed by atoms with Gasteiger partial charge in [-0.3, -0.25) is 0 Å². The van der Waals surface area contributed by atoms with Crippen LogP contribution in [-0.2, 0) is 25.7 Å². The number of carbonyl (C=O) groups excluding carboxylic acids is 1. The summed E-state index contributed by atoms with van der Waals surface area (Å²) in [5.74, 6) is 0.248. The second kappa shape index (κ2) is 15.1. The molecule has 0 atom stereocenters. The number of anilines is 2. The molecule has 0 saturated heterocycles. The van der Waals surface area contributed by atoms with Gasteiger partial charge in [-0.25, -0.2) is 13.2 Å². The molecule has 8 nitrogen and oxygen atoms in total. The van der Waals surface area contributed by atoms with Crippen LogP contribution in [-0.4, -0.2) is 58.7 Å². The summed E-state index contributed by atoms with van der Waals surface area (Å²) in [4.78, 5) is 19.8. The molecule has 3 rings (SSSR count). The molecular formula is C31H42N2O6S2. The fourth-order valence-corrected chi connectivity index (χ4v) is 6.25. The normalized spacial score (nSPS) is 11.4. The summed E-state index contributed by atoms with van der Waals surface area (Å²) >= 11 is 0. The lowest BCUT2D eigenvalue weighted by atomic mass is 10.2. The van der Waals surface area contributed by atoms with Crippen molar-refractivity contribution in [3.63, 3.8) is 0 Å². The van der Waals surface area contributed by atoms with Crippen molar-refractivity contribution in [3.05, 3.63) is 72.8 Å². The summed E-state index contributed by atoms with van der Waals surface area (Å²) < 4.78 is 40.3. The first-order chi connectivity index (χ1) is 19.1. The molecule has 0 heterocycles. The molecule has 0 bridgehead atoms. The molecule has 0 spiro atoms. The lowest BCUT2D eigenvalue weighted by Crippen LogP contribution is -2.26. The van der Waals surface area contributed by atoms with E-state index >= 15 is 0 Å². The summed E-state index contributed by atoms with van der Waals surface area (Å²) in [6.07, 6.45) is 0.526. The zero-order valence-electron chi connectivity index (χ0n) is 25.2. The van der Waals surface area contributed by atoms with Gasteiger partial charge in [0.25, 0.3) is 0 Å². The molecule has 0 radical (unpaired) electrons. The Hall–Kier alpha value is -3.21. The van der Waals surface area contributed by atoms with Gasteiger partial charge in [-0.2, -0.15) is 0 Å². The molecular weight excluding hydrogens is 560 g/mol. The molecule has 41 heavy (non-hydrogen) atoms. The lowest BCUT2D eigenvalue weighted by Gasteiger charge is -2.18. The van der Waals surface area contributed by atoms with Crippen LogP contribution in [0.2, 0.25) is 0 Å². The predicted octanol–water partition coefficient (Wildman–Crippen LogP) is 6.56. The highest BCUT2D eigenvalue weighted by molar-refractivity contribution is 7.97. The van der Waals surface area contributed by atoms with Crippen LogP contribution in [0.15, 0.2) is 87.5 Å². The fraction of sp³-hybridized carbons (Fsp3) is 0.387. The standard InChI is InChI=1S/C27H33N2O3S.C4H10O3S/c1-27(2,3)32-26(30)31-22-9-8-10-25(19-22)33(23-15-11-20(12-16-23)28(4)5)24-17-13-21(14-18-24)29(6)7;1-2-3-4-8(5,6)7/h8-19H,1-7H3;2-4H2,1H3,(H,5,6,7)/q+1;/p-1. The molecule has 0 N–H and O–H groups in total. The van der Waals surface area contributed by atoms with Crippen LogP contribution in [0.3, 0.4) is 0 Å². The number of carbonyl (C=O) groups is 1. The molecule has 0 aliphatic heterocycles. The van der Waals surface area contributed by atoms with Gasteiger partial charge in [0.15, 0.2) is 14.7 Å². The van der Waals surface area contributed by atoms with E-state index in [9.17, 15) is 17.8 Å². The van der Waals surface area contributed by atoms with Crippen LogP contribution in [0.5, 0.6) is 5.75 Å². The van der Waals surface area contributed by atoms with Gasteiger partial charge in [-0.15, -0.1) is 0 Å². The van der Waals surface area contributed by atoms with Gasteiger partial charge in [0, 0.05) is 51.4 Å². The maximum atomic E-state index is 12.2. The highest BCUT2D eigenvalue weighted by atomic mass is 32.2. The number of benzene rings is 3. The van der Waals surface area contributed by atoms with Crippen molar-refractivity contribution in [1.29, 1.82) is 0 Å². The molecule has 3 aromatic carbocycles. The van der Waals surface area contributed by atoms with Gasteiger partial charge in [-0.1, -0.05) is 19.4 Å². The summed E-state index contributed by atoms with van der Waals surface area (Å²) in [6, 6.07) is 24.9. The Bertz CT molecular complexity index is 1300. The monoisotopic (exact) mass is 602 g/mol. The van der Waals surface area contributed by atoms with Gasteiger partial charge in [0.05, 0.1) is 21.0 Å². The molecule has 0 amide bonds. The maximum Gasteiger partial charge on any atom is 0.514 e. The third kappa shape index (κ3) is 12.0. The van der Waals surface area contributed by atoms with Gasteiger partial charge in [0.2, 0.25) is 0 Å². The van der Waals surface area contributed by atoms with E-state index in [0.717, 1.165) is 22.7 Å². The van der Waals surface area contributed by atoms with E-state index in [4.69, 9.17) is 9.47 Å². The summed E-state index contributed by atoms with van der Waals surface area (Å²) in [5.41, 5.74) is 1.68. The minimum Gasteiger partial charge on any atom is -0.748 e. The van der Waals surface area contributed by atoms with Crippen molar-refractivity contribution < 1.29 is 27.2 Å². The molecule has 0 fully saturated rings. The Kier molecular flexibility index (Phi) is 12.6. The van der Waals surface area contributed by atoms with E-state index in [1.54, 1.807) is 6.07 Å². The Labute approximate surface area is 248 Å². The minimum atomic E-state index is -3.94. The first-order valence-electron chi connectivity index (χ1n) is 13.3. The number of rotatable bonds is 9. The molecule has 10 heteroatoms. The zero-order chi connectivity index (χ0) is 30.8. The van der Waals surface area contributed by atoms with Crippen molar-refractivity contribution in [3.8, 4) is 5.75 Å². The quantitative estimate of drug-likeness (QED) is 0.118. The molecule has 0 saturated carbocycles. The van der Waals surface area contributed by atoms with Gasteiger partial charge < -0.3 is 23.8 Å². The SMILES string of the molecule is CCCCS(=O)(=O)[O-].CN(C)c1ccc([S+](c2ccc(N(C)C)cc2)c2cccc(OC(=O)OC(C)(C)C)c2)cc1. The van der Waals surface area contributed by atoms with E-state index in [0.29, 0.717) is 12.2 Å². The molecule has 0 unspecified atom stereocenters. The van der Waals surface area contributed by atoms with Crippen LogP contribution in [0.1, 0.15) is 40.5 Å². The molecule has 224 valence electrons. The second-order valence-corrected chi connectivity index (χ2v) is 14.3. The van der Waals surface area contributed by atoms with Gasteiger partial charge in [-0.05, 0) is 87.9 Å². The zero-order valence-corrected chi connectivity index (χ0v) is 26.8.